The van der Waals surface area contributed by atoms with Gasteiger partial charge in [0, 0.05) is 25.1 Å². The van der Waals surface area contributed by atoms with Crippen molar-refractivity contribution in [3.63, 3.8) is 0 Å². The number of rotatable bonds is 6. The van der Waals surface area contributed by atoms with Gasteiger partial charge in [0.15, 0.2) is 9.47 Å². The zero-order valence-corrected chi connectivity index (χ0v) is 16.5. The van der Waals surface area contributed by atoms with Gasteiger partial charge in [-0.15, -0.1) is 21.5 Å². The first-order valence-electron chi connectivity index (χ1n) is 7.52. The van der Waals surface area contributed by atoms with Gasteiger partial charge in [-0.25, -0.2) is 4.98 Å². The minimum absolute atomic E-state index is 0.0554. The van der Waals surface area contributed by atoms with Gasteiger partial charge in [0.1, 0.15) is 0 Å². The summed E-state index contributed by atoms with van der Waals surface area (Å²) in [6.45, 7) is 3.57. The lowest BCUT2D eigenvalue weighted by atomic mass is 10.2. The van der Waals surface area contributed by atoms with E-state index in [1.54, 1.807) is 23.6 Å². The van der Waals surface area contributed by atoms with Gasteiger partial charge < -0.3 is 5.32 Å². The predicted molar refractivity (Wildman–Crippen MR) is 105 cm³/mol. The molecule has 3 aromatic rings. The number of nitrogens with zero attached hydrogens (tertiary/aromatic N) is 4. The molecular weight excluding hydrogens is 374 g/mol. The first-order chi connectivity index (χ1) is 12.1. The van der Waals surface area contributed by atoms with E-state index in [1.807, 2.05) is 43.6 Å². The second kappa shape index (κ2) is 7.94. The van der Waals surface area contributed by atoms with Gasteiger partial charge in [0.2, 0.25) is 11.0 Å². The van der Waals surface area contributed by atoms with E-state index in [2.05, 4.69) is 20.5 Å². The van der Waals surface area contributed by atoms with Crippen molar-refractivity contribution in [1.82, 2.24) is 15.2 Å². The molecule has 0 spiro atoms. The largest absolute Gasteiger partial charge is 0.363 e. The normalized spacial score (nSPS) is 10.7. The smallest absolute Gasteiger partial charge is 0.230 e. The number of amides is 1. The van der Waals surface area contributed by atoms with Crippen LogP contribution in [0, 0.1) is 6.92 Å². The average Bonchev–Trinajstić information content (AvgIpc) is 3.24. The van der Waals surface area contributed by atoms with E-state index in [0.717, 1.165) is 26.4 Å². The van der Waals surface area contributed by atoms with E-state index in [4.69, 9.17) is 0 Å². The maximum atomic E-state index is 12.1. The molecule has 0 atom stereocenters. The monoisotopic (exact) mass is 391 g/mol. The van der Waals surface area contributed by atoms with Gasteiger partial charge in [-0.2, -0.15) is 0 Å². The molecule has 2 aromatic heterocycles. The number of benzene rings is 1. The fraction of sp³-hybridized carbons (Fsp3) is 0.250. The molecule has 130 valence electrons. The quantitative estimate of drug-likeness (QED) is 0.631. The molecule has 2 heterocycles. The maximum absolute atomic E-state index is 12.1. The number of anilines is 3. The Morgan fingerprint density at radius 3 is 2.68 bits per heavy atom. The van der Waals surface area contributed by atoms with Crippen molar-refractivity contribution >= 4 is 56.3 Å². The first-order valence-corrected chi connectivity index (χ1v) is 10.2. The molecule has 0 aliphatic heterocycles. The lowest BCUT2D eigenvalue weighted by Crippen LogP contribution is -2.22. The number of thioether (sulfide) groups is 1. The van der Waals surface area contributed by atoms with Crippen LogP contribution in [0.25, 0.3) is 0 Å². The van der Waals surface area contributed by atoms with E-state index in [9.17, 15) is 4.79 Å². The summed E-state index contributed by atoms with van der Waals surface area (Å²) < 4.78 is 0.890. The molecule has 0 fully saturated rings. The van der Waals surface area contributed by atoms with Crippen LogP contribution < -0.4 is 10.2 Å². The van der Waals surface area contributed by atoms with Crippen molar-refractivity contribution in [1.29, 1.82) is 0 Å². The summed E-state index contributed by atoms with van der Waals surface area (Å²) in [5, 5.41) is 14.6. The van der Waals surface area contributed by atoms with E-state index >= 15 is 0 Å². The van der Waals surface area contributed by atoms with E-state index in [-0.39, 0.29) is 5.91 Å². The maximum Gasteiger partial charge on any atom is 0.230 e. The zero-order valence-electron chi connectivity index (χ0n) is 14.0. The molecule has 0 saturated heterocycles. The molecule has 9 heteroatoms. The van der Waals surface area contributed by atoms with Gasteiger partial charge in [-0.05, 0) is 19.1 Å². The van der Waals surface area contributed by atoms with Crippen molar-refractivity contribution < 1.29 is 4.79 Å². The highest BCUT2D eigenvalue weighted by molar-refractivity contribution is 8.00. The molecule has 0 unspecified atom stereocenters. The van der Waals surface area contributed by atoms with Gasteiger partial charge in [0.05, 0.1) is 11.4 Å². The van der Waals surface area contributed by atoms with Crippen molar-refractivity contribution in [2.24, 2.45) is 0 Å². The Kier molecular flexibility index (Phi) is 5.67. The number of hydrogen-bond donors (Lipinski definition) is 1. The van der Waals surface area contributed by atoms with Crippen molar-refractivity contribution in [3.8, 4) is 0 Å². The molecule has 1 aromatic carbocycles. The molecule has 6 nitrogen and oxygen atoms in total. The van der Waals surface area contributed by atoms with Gasteiger partial charge in [-0.3, -0.25) is 9.69 Å². The lowest BCUT2D eigenvalue weighted by molar-refractivity contribution is -0.115. The second-order valence-corrected chi connectivity index (χ2v) is 8.26. The van der Waals surface area contributed by atoms with Gasteiger partial charge >= 0.3 is 0 Å². The molecule has 0 aliphatic rings. The molecule has 25 heavy (non-hydrogen) atoms. The molecule has 0 aliphatic carbocycles. The van der Waals surface area contributed by atoms with E-state index in [0.29, 0.717) is 10.9 Å². The highest BCUT2D eigenvalue weighted by atomic mass is 32.2. The summed E-state index contributed by atoms with van der Waals surface area (Å²) in [6, 6.07) is 7.86. The van der Waals surface area contributed by atoms with E-state index in [1.165, 1.54) is 22.7 Å². The highest BCUT2D eigenvalue weighted by Gasteiger charge is 2.18. The van der Waals surface area contributed by atoms with Gasteiger partial charge in [0.25, 0.3) is 0 Å². The minimum atomic E-state index is -0.0554. The third-order valence-electron chi connectivity index (χ3n) is 3.30. The van der Waals surface area contributed by atoms with Crippen LogP contribution in [0.15, 0.2) is 34.0 Å². The van der Waals surface area contributed by atoms with E-state index < -0.39 is 0 Å². The summed E-state index contributed by atoms with van der Waals surface area (Å²) in [5.74, 6) is 0.634. The number of carbonyl (C=O) groups excluding carboxylic acids is 1. The Balaban J connectivity index is 1.73. The first kappa shape index (κ1) is 17.8. The standard InChI is InChI=1S/C16H17N5OS3/c1-10-4-6-13(7-5-10)21(11(2)22)15-18-12(8-23-15)9-24-16-20-19-14(17-3)25-16/h4-8H,9H2,1-3H3,(H,17,19). The fourth-order valence-corrected chi connectivity index (χ4v) is 4.68. The van der Waals surface area contributed by atoms with Crippen molar-refractivity contribution in [3.05, 3.63) is 40.9 Å². The van der Waals surface area contributed by atoms with Gasteiger partial charge in [-0.1, -0.05) is 40.8 Å². The summed E-state index contributed by atoms with van der Waals surface area (Å²) >= 11 is 4.56. The molecular formula is C16H17N5OS3. The third kappa shape index (κ3) is 4.36. The summed E-state index contributed by atoms with van der Waals surface area (Å²) in [4.78, 5) is 18.4. The van der Waals surface area contributed by atoms with Crippen LogP contribution in [-0.4, -0.2) is 28.1 Å². The minimum Gasteiger partial charge on any atom is -0.363 e. The average molecular weight is 392 g/mol. The van der Waals surface area contributed by atoms with Crippen molar-refractivity contribution in [2.45, 2.75) is 23.9 Å². The van der Waals surface area contributed by atoms with Crippen LogP contribution >= 0.6 is 34.4 Å². The van der Waals surface area contributed by atoms with Crippen LogP contribution in [-0.2, 0) is 10.5 Å². The molecule has 0 bridgehead atoms. The highest BCUT2D eigenvalue weighted by Crippen LogP contribution is 2.32. The predicted octanol–water partition coefficient (Wildman–Crippen LogP) is 4.32. The van der Waals surface area contributed by atoms with Crippen LogP contribution in [0.1, 0.15) is 18.2 Å². The Bertz CT molecular complexity index is 859. The second-order valence-electron chi connectivity index (χ2n) is 5.22. The Morgan fingerprint density at radius 1 is 1.28 bits per heavy atom. The van der Waals surface area contributed by atoms with Crippen molar-refractivity contribution in [2.75, 3.05) is 17.3 Å². The Morgan fingerprint density at radius 2 is 2.04 bits per heavy atom. The van der Waals surface area contributed by atoms with Crippen LogP contribution in [0.4, 0.5) is 16.0 Å². The summed E-state index contributed by atoms with van der Waals surface area (Å²) in [7, 11) is 1.82. The summed E-state index contributed by atoms with van der Waals surface area (Å²) in [5.41, 5.74) is 2.90. The zero-order chi connectivity index (χ0) is 17.8. The number of aryl methyl sites for hydroxylation is 1. The number of hydrogen-bond acceptors (Lipinski definition) is 8. The lowest BCUT2D eigenvalue weighted by Gasteiger charge is -2.18. The van der Waals surface area contributed by atoms with Crippen LogP contribution in [0.5, 0.6) is 0 Å². The number of aromatic nitrogens is 3. The SMILES string of the molecule is CNc1nnc(SCc2csc(N(C(C)=O)c3ccc(C)cc3)n2)s1. The molecule has 3 rings (SSSR count). The fourth-order valence-electron chi connectivity index (χ4n) is 2.09. The topological polar surface area (TPSA) is 71.0 Å². The van der Waals surface area contributed by atoms with Crippen LogP contribution in [0.2, 0.25) is 0 Å². The number of thiazole rings is 1. The summed E-state index contributed by atoms with van der Waals surface area (Å²) in [6.07, 6.45) is 0. The number of nitrogens with one attached hydrogen (secondary N) is 1. The Hall–Kier alpha value is -1.97. The molecule has 1 amide bonds. The molecule has 0 saturated carbocycles. The number of carbonyl (C=O) groups is 1. The third-order valence-corrected chi connectivity index (χ3v) is 6.28. The molecule has 1 N–H and O–H groups in total. The molecule has 0 radical (unpaired) electrons. The Labute approximate surface area is 158 Å². The van der Waals surface area contributed by atoms with Crippen LogP contribution in [0.3, 0.4) is 0 Å².